The maximum Gasteiger partial charge on any atom is 0.189 e. The average molecular weight is 365 g/mol. The van der Waals surface area contributed by atoms with Crippen molar-refractivity contribution in [1.29, 1.82) is 0 Å². The van der Waals surface area contributed by atoms with Gasteiger partial charge in [-0.1, -0.05) is 20.3 Å². The molecule has 1 N–H and O–H groups in total. The maximum atomic E-state index is 14.4. The normalized spacial score (nSPS) is 26.1. The van der Waals surface area contributed by atoms with E-state index in [1.54, 1.807) is 7.05 Å². The maximum absolute atomic E-state index is 14.4. The number of fused-ring (bicyclic) bond motifs is 1. The molecule has 0 aromatic heterocycles. The van der Waals surface area contributed by atoms with E-state index in [2.05, 4.69) is 5.32 Å². The topological polar surface area (TPSA) is 47.6 Å². The zero-order valence-electron chi connectivity index (χ0n) is 15.4. The van der Waals surface area contributed by atoms with Crippen molar-refractivity contribution in [3.05, 3.63) is 41.2 Å². The van der Waals surface area contributed by atoms with E-state index in [1.807, 2.05) is 13.8 Å². The number of carbonyl (C=O) groups is 1. The van der Waals surface area contributed by atoms with Crippen LogP contribution in [0.1, 0.15) is 38.7 Å². The number of ether oxygens (including phenoxy) is 2. The molecule has 6 heteroatoms. The second-order valence-electron chi connectivity index (χ2n) is 7.18. The lowest BCUT2D eigenvalue weighted by Gasteiger charge is -2.38. The molecule has 0 radical (unpaired) electrons. The predicted octanol–water partition coefficient (Wildman–Crippen LogP) is 4.20. The van der Waals surface area contributed by atoms with Gasteiger partial charge in [-0.2, -0.15) is 0 Å². The molecule has 142 valence electrons. The van der Waals surface area contributed by atoms with Crippen LogP contribution in [-0.4, -0.2) is 25.2 Å². The number of rotatable bonds is 6. The summed E-state index contributed by atoms with van der Waals surface area (Å²) in [6.07, 6.45) is 4.02. The predicted molar refractivity (Wildman–Crippen MR) is 94.6 cm³/mol. The van der Waals surface area contributed by atoms with E-state index >= 15 is 0 Å². The molecule has 1 aromatic rings. The summed E-state index contributed by atoms with van der Waals surface area (Å²) in [6, 6.07) is 2.40. The second-order valence-corrected chi connectivity index (χ2v) is 7.18. The Balaban J connectivity index is 1.88. The summed E-state index contributed by atoms with van der Waals surface area (Å²) < 4.78 is 40.0. The Hall–Kier alpha value is -1.95. The van der Waals surface area contributed by atoms with Crippen LogP contribution in [0.5, 0.6) is 0 Å². The third-order valence-corrected chi connectivity index (χ3v) is 5.54. The SMILES string of the molecule is CCC[C@H]1C[C@]2([C@H](C)Cc3cc(F)c(NC)cc3F)OCOC2=CC1=O. The minimum Gasteiger partial charge on any atom is -0.469 e. The molecular formula is C20H25F2NO3. The van der Waals surface area contributed by atoms with Crippen LogP contribution in [0.15, 0.2) is 24.0 Å². The monoisotopic (exact) mass is 365 g/mol. The molecule has 1 heterocycles. The van der Waals surface area contributed by atoms with Gasteiger partial charge in [-0.3, -0.25) is 4.79 Å². The number of hydrogen-bond donors (Lipinski definition) is 1. The van der Waals surface area contributed by atoms with Crippen molar-refractivity contribution < 1.29 is 23.0 Å². The molecule has 1 aliphatic carbocycles. The number of ketones is 1. The number of benzene rings is 1. The molecule has 3 rings (SSSR count). The molecule has 3 atom stereocenters. The van der Waals surface area contributed by atoms with E-state index in [9.17, 15) is 13.6 Å². The molecule has 0 amide bonds. The summed E-state index contributed by atoms with van der Waals surface area (Å²) >= 11 is 0. The minimum absolute atomic E-state index is 0.0609. The molecule has 1 fully saturated rings. The highest BCUT2D eigenvalue weighted by atomic mass is 19.1. The first-order valence-electron chi connectivity index (χ1n) is 9.09. The van der Waals surface area contributed by atoms with Crippen molar-refractivity contribution >= 4 is 11.5 Å². The van der Waals surface area contributed by atoms with Crippen LogP contribution in [0.4, 0.5) is 14.5 Å². The number of allylic oxidation sites excluding steroid dienone is 1. The Morgan fingerprint density at radius 2 is 2.12 bits per heavy atom. The van der Waals surface area contributed by atoms with E-state index in [0.717, 1.165) is 12.8 Å². The number of halogens is 2. The fourth-order valence-corrected chi connectivity index (χ4v) is 4.04. The first kappa shape index (κ1) is 18.8. The number of nitrogens with one attached hydrogen (secondary N) is 1. The van der Waals surface area contributed by atoms with Gasteiger partial charge < -0.3 is 14.8 Å². The smallest absolute Gasteiger partial charge is 0.189 e. The zero-order valence-corrected chi connectivity index (χ0v) is 15.4. The first-order chi connectivity index (χ1) is 12.4. The summed E-state index contributed by atoms with van der Waals surface area (Å²) in [5, 5.41) is 2.63. The summed E-state index contributed by atoms with van der Waals surface area (Å²) in [7, 11) is 1.55. The highest BCUT2D eigenvalue weighted by Crippen LogP contribution is 2.46. The summed E-state index contributed by atoms with van der Waals surface area (Å²) in [5.74, 6) is -0.656. The fourth-order valence-electron chi connectivity index (χ4n) is 4.04. The van der Waals surface area contributed by atoms with E-state index in [-0.39, 0.29) is 30.1 Å². The quantitative estimate of drug-likeness (QED) is 0.821. The largest absolute Gasteiger partial charge is 0.469 e. The Morgan fingerprint density at radius 3 is 2.81 bits per heavy atom. The standard InChI is InChI=1S/C20H25F2NO3/c1-4-5-13-10-20(19(9-18(13)24)25-11-26-20)12(2)6-14-7-16(22)17(23-3)8-15(14)21/h7-9,12-13,23H,4-6,10-11H2,1-3H3/t12-,13+,20-/m1/s1. The lowest BCUT2D eigenvalue weighted by Crippen LogP contribution is -2.45. The third kappa shape index (κ3) is 3.22. The highest BCUT2D eigenvalue weighted by Gasteiger charge is 2.51. The average Bonchev–Trinajstić information content (AvgIpc) is 3.02. The van der Waals surface area contributed by atoms with Gasteiger partial charge in [0.15, 0.2) is 12.6 Å². The van der Waals surface area contributed by atoms with Crippen LogP contribution in [0, 0.1) is 23.5 Å². The molecule has 0 unspecified atom stereocenters. The molecule has 4 nitrogen and oxygen atoms in total. The lowest BCUT2D eigenvalue weighted by atomic mass is 9.71. The summed E-state index contributed by atoms with van der Waals surface area (Å²) in [5.41, 5.74) is -0.329. The van der Waals surface area contributed by atoms with Gasteiger partial charge in [-0.25, -0.2) is 8.78 Å². The van der Waals surface area contributed by atoms with Crippen LogP contribution >= 0.6 is 0 Å². The van der Waals surface area contributed by atoms with E-state index in [1.165, 1.54) is 18.2 Å². The fraction of sp³-hybridized carbons (Fsp3) is 0.550. The van der Waals surface area contributed by atoms with Gasteiger partial charge in [0.2, 0.25) is 0 Å². The van der Waals surface area contributed by atoms with Crippen LogP contribution < -0.4 is 5.32 Å². The van der Waals surface area contributed by atoms with Crippen LogP contribution in [0.2, 0.25) is 0 Å². The summed E-state index contributed by atoms with van der Waals surface area (Å²) in [6.45, 7) is 4.05. The van der Waals surface area contributed by atoms with Crippen LogP contribution in [0.3, 0.4) is 0 Å². The van der Waals surface area contributed by atoms with E-state index in [0.29, 0.717) is 24.2 Å². The molecule has 0 bridgehead atoms. The van der Waals surface area contributed by atoms with Gasteiger partial charge in [-0.05, 0) is 36.8 Å². The number of hydrogen-bond acceptors (Lipinski definition) is 4. The first-order valence-corrected chi connectivity index (χ1v) is 9.09. The number of anilines is 1. The Bertz CT molecular complexity index is 734. The van der Waals surface area contributed by atoms with Crippen LogP contribution in [-0.2, 0) is 20.7 Å². The van der Waals surface area contributed by atoms with Crippen LogP contribution in [0.25, 0.3) is 0 Å². The summed E-state index contributed by atoms with van der Waals surface area (Å²) in [4.78, 5) is 12.3. The zero-order chi connectivity index (χ0) is 18.9. The molecule has 0 saturated carbocycles. The van der Waals surface area contributed by atoms with Crippen molar-refractivity contribution in [2.24, 2.45) is 11.8 Å². The molecular weight excluding hydrogens is 340 g/mol. The minimum atomic E-state index is -0.752. The van der Waals surface area contributed by atoms with Crippen molar-refractivity contribution in [3.8, 4) is 0 Å². The lowest BCUT2D eigenvalue weighted by molar-refractivity contribution is -0.123. The molecule has 1 aromatic carbocycles. The van der Waals surface area contributed by atoms with E-state index in [4.69, 9.17) is 9.47 Å². The van der Waals surface area contributed by atoms with Crippen molar-refractivity contribution in [3.63, 3.8) is 0 Å². The molecule has 1 saturated heterocycles. The molecule has 2 aliphatic rings. The van der Waals surface area contributed by atoms with Gasteiger partial charge in [0.05, 0.1) is 5.69 Å². The van der Waals surface area contributed by atoms with Crippen molar-refractivity contribution in [2.75, 3.05) is 19.2 Å². The van der Waals surface area contributed by atoms with E-state index < -0.39 is 17.2 Å². The molecule has 0 spiro atoms. The van der Waals surface area contributed by atoms with Gasteiger partial charge >= 0.3 is 0 Å². The Kier molecular flexibility index (Phi) is 5.32. The highest BCUT2D eigenvalue weighted by molar-refractivity contribution is 5.93. The Morgan fingerprint density at radius 1 is 1.35 bits per heavy atom. The van der Waals surface area contributed by atoms with Gasteiger partial charge in [0.25, 0.3) is 0 Å². The molecule has 26 heavy (non-hydrogen) atoms. The third-order valence-electron chi connectivity index (χ3n) is 5.54. The van der Waals surface area contributed by atoms with Gasteiger partial charge in [0, 0.05) is 25.1 Å². The second kappa shape index (κ2) is 7.35. The number of carbonyl (C=O) groups excluding carboxylic acids is 1. The van der Waals surface area contributed by atoms with Gasteiger partial charge in [-0.15, -0.1) is 0 Å². The van der Waals surface area contributed by atoms with Gasteiger partial charge in [0.1, 0.15) is 23.0 Å². The Labute approximate surface area is 152 Å². The molecule has 1 aliphatic heterocycles. The van der Waals surface area contributed by atoms with Crippen molar-refractivity contribution in [2.45, 2.75) is 45.1 Å². The van der Waals surface area contributed by atoms with Crippen molar-refractivity contribution in [1.82, 2.24) is 0 Å².